The maximum absolute atomic E-state index is 13.3. The molecule has 142 valence electrons. The van der Waals surface area contributed by atoms with Crippen molar-refractivity contribution in [1.82, 2.24) is 10.3 Å². The Bertz CT molecular complexity index is 1060. The Kier molecular flexibility index (Phi) is 5.19. The zero-order valence-electron chi connectivity index (χ0n) is 14.7. The molecule has 0 spiro atoms. The Balaban J connectivity index is 1.71. The minimum absolute atomic E-state index is 0.194. The number of fused-ring (bicyclic) bond motifs is 1. The van der Waals surface area contributed by atoms with Gasteiger partial charge in [0.25, 0.3) is 5.91 Å². The van der Waals surface area contributed by atoms with Crippen molar-refractivity contribution in [2.45, 2.75) is 11.8 Å². The molecule has 0 saturated carbocycles. The third-order valence-corrected chi connectivity index (χ3v) is 6.08. The summed E-state index contributed by atoms with van der Waals surface area (Å²) in [6.07, 6.45) is 3.64. The van der Waals surface area contributed by atoms with E-state index in [1.165, 1.54) is 23.9 Å². The highest BCUT2D eigenvalue weighted by molar-refractivity contribution is 8.14. The van der Waals surface area contributed by atoms with Crippen molar-refractivity contribution in [3.63, 3.8) is 0 Å². The van der Waals surface area contributed by atoms with Crippen LogP contribution in [-0.4, -0.2) is 22.6 Å². The highest BCUT2D eigenvalue weighted by Crippen LogP contribution is 2.36. The maximum Gasteiger partial charge on any atom is 0.255 e. The van der Waals surface area contributed by atoms with Crippen LogP contribution < -0.4 is 5.32 Å². The molecule has 2 aromatic carbocycles. The molecule has 2 aliphatic heterocycles. The number of rotatable bonds is 2. The number of allylic oxidation sites excluding steroid dienone is 1. The third kappa shape index (κ3) is 3.55. The minimum atomic E-state index is -0.390. The summed E-state index contributed by atoms with van der Waals surface area (Å²) < 4.78 is 13.3. The number of nitrogens with zero attached hydrogens (tertiary/aromatic N) is 2. The highest BCUT2D eigenvalue weighted by atomic mass is 35.5. The topological polar surface area (TPSA) is 44.7 Å². The summed E-state index contributed by atoms with van der Waals surface area (Å²) >= 11 is 13.8. The zero-order valence-corrected chi connectivity index (χ0v) is 17.0. The molecule has 0 fully saturated rings. The highest BCUT2D eigenvalue weighted by Gasteiger charge is 2.29. The Morgan fingerprint density at radius 2 is 2.00 bits per heavy atom. The molecule has 2 heterocycles. The van der Waals surface area contributed by atoms with E-state index in [4.69, 9.17) is 23.2 Å². The monoisotopic (exact) mass is 433 g/mol. The number of carbonyl (C=O) groups is 1. The number of halogens is 3. The van der Waals surface area contributed by atoms with Gasteiger partial charge in [0.1, 0.15) is 17.5 Å². The number of thioether (sulfide) groups is 1. The van der Waals surface area contributed by atoms with Crippen LogP contribution in [0.3, 0.4) is 0 Å². The first kappa shape index (κ1) is 19.1. The van der Waals surface area contributed by atoms with Gasteiger partial charge in [0.05, 0.1) is 16.3 Å². The van der Waals surface area contributed by atoms with Gasteiger partial charge in [0, 0.05) is 15.5 Å². The van der Waals surface area contributed by atoms with Crippen LogP contribution in [0.4, 0.5) is 4.39 Å². The molecule has 2 aromatic rings. The van der Waals surface area contributed by atoms with Crippen LogP contribution in [0.2, 0.25) is 10.0 Å². The second-order valence-corrected chi connectivity index (χ2v) is 8.08. The summed E-state index contributed by atoms with van der Waals surface area (Å²) in [4.78, 5) is 13.3. The van der Waals surface area contributed by atoms with E-state index in [1.54, 1.807) is 23.2 Å². The quantitative estimate of drug-likeness (QED) is 0.705. The summed E-state index contributed by atoms with van der Waals surface area (Å²) in [5.74, 6) is -0.584. The summed E-state index contributed by atoms with van der Waals surface area (Å²) in [7, 11) is 0. The fraction of sp³-hybridized carbons (Fsp3) is 0.100. The van der Waals surface area contributed by atoms with Crippen LogP contribution in [0.15, 0.2) is 64.2 Å². The molecule has 0 bridgehead atoms. The first-order valence-corrected chi connectivity index (χ1v) is 9.96. The Morgan fingerprint density at radius 3 is 2.75 bits per heavy atom. The van der Waals surface area contributed by atoms with Gasteiger partial charge in [-0.2, -0.15) is 5.10 Å². The lowest BCUT2D eigenvalue weighted by Crippen LogP contribution is -2.42. The normalized spacial score (nSPS) is 16.1. The van der Waals surface area contributed by atoms with Crippen LogP contribution >= 0.6 is 35.0 Å². The molecule has 0 aliphatic carbocycles. The number of nitrogens with one attached hydrogen (secondary N) is 1. The molecule has 0 atom stereocenters. The van der Waals surface area contributed by atoms with E-state index in [0.717, 1.165) is 5.56 Å². The number of hydrogen-bond acceptors (Lipinski definition) is 4. The van der Waals surface area contributed by atoms with E-state index in [1.807, 2.05) is 25.1 Å². The summed E-state index contributed by atoms with van der Waals surface area (Å²) in [6, 6.07) is 9.75. The fourth-order valence-corrected chi connectivity index (χ4v) is 4.43. The number of carbonyl (C=O) groups excluding carboxylic acids is 1. The molecule has 2 aliphatic rings. The number of benzene rings is 2. The number of amides is 1. The van der Waals surface area contributed by atoms with Crippen LogP contribution in [0.25, 0.3) is 5.57 Å². The van der Waals surface area contributed by atoms with E-state index in [-0.39, 0.29) is 18.4 Å². The maximum atomic E-state index is 13.3. The molecule has 0 aromatic heterocycles. The third-order valence-electron chi connectivity index (χ3n) is 4.33. The number of aryl methyl sites for hydroxylation is 1. The largest absolute Gasteiger partial charge is 0.333 e. The van der Waals surface area contributed by atoms with E-state index in [9.17, 15) is 9.18 Å². The van der Waals surface area contributed by atoms with Crippen LogP contribution in [-0.2, 0) is 4.79 Å². The number of hydrazone groups is 1. The van der Waals surface area contributed by atoms with Gasteiger partial charge in [-0.15, -0.1) is 0 Å². The molecule has 4 nitrogen and oxygen atoms in total. The van der Waals surface area contributed by atoms with Gasteiger partial charge in [-0.1, -0.05) is 47.1 Å². The average molecular weight is 434 g/mol. The van der Waals surface area contributed by atoms with Crippen LogP contribution in [0, 0.1) is 12.7 Å². The predicted octanol–water partition coefficient (Wildman–Crippen LogP) is 5.22. The van der Waals surface area contributed by atoms with Gasteiger partial charge >= 0.3 is 0 Å². The van der Waals surface area contributed by atoms with Crippen molar-refractivity contribution in [3.8, 4) is 0 Å². The lowest BCUT2D eigenvalue weighted by molar-refractivity contribution is -0.116. The summed E-state index contributed by atoms with van der Waals surface area (Å²) in [5, 5.41) is 10.6. The molecule has 0 radical (unpaired) electrons. The van der Waals surface area contributed by atoms with Gasteiger partial charge < -0.3 is 5.32 Å². The van der Waals surface area contributed by atoms with Gasteiger partial charge in [0.15, 0.2) is 0 Å². The van der Waals surface area contributed by atoms with E-state index >= 15 is 0 Å². The standard InChI is InChI=1S/C20H14Cl2FN3OS/c1-11-3-2-4-13(21)18(11)19-15-6-8-17(25-26(15)10-24-20(19)27)28-16-7-5-12(23)9-14(16)22/h2-9H,10H2,1H3,(H,24,27). The molecule has 28 heavy (non-hydrogen) atoms. The lowest BCUT2D eigenvalue weighted by atomic mass is 9.96. The van der Waals surface area contributed by atoms with Gasteiger partial charge in [-0.05, 0) is 48.9 Å². The van der Waals surface area contributed by atoms with Crippen molar-refractivity contribution in [1.29, 1.82) is 0 Å². The van der Waals surface area contributed by atoms with Gasteiger partial charge in [0.2, 0.25) is 0 Å². The second-order valence-electron chi connectivity index (χ2n) is 6.20. The van der Waals surface area contributed by atoms with Crippen LogP contribution in [0.5, 0.6) is 0 Å². The van der Waals surface area contributed by atoms with Gasteiger partial charge in [-0.3, -0.25) is 4.79 Å². The fourth-order valence-electron chi connectivity index (χ4n) is 3.04. The van der Waals surface area contributed by atoms with Crippen molar-refractivity contribution < 1.29 is 9.18 Å². The van der Waals surface area contributed by atoms with Crippen molar-refractivity contribution in [3.05, 3.63) is 81.2 Å². The SMILES string of the molecule is Cc1cccc(Cl)c1C1=C2C=CC(Sc3ccc(F)cc3Cl)=NN2CNC1=O. The molecule has 0 unspecified atom stereocenters. The van der Waals surface area contributed by atoms with E-state index in [2.05, 4.69) is 10.4 Å². The average Bonchev–Trinajstić information content (AvgIpc) is 2.65. The van der Waals surface area contributed by atoms with Crippen LogP contribution in [0.1, 0.15) is 11.1 Å². The summed E-state index contributed by atoms with van der Waals surface area (Å²) in [6.45, 7) is 2.15. The summed E-state index contributed by atoms with van der Waals surface area (Å²) in [5.41, 5.74) is 2.76. The molecule has 8 heteroatoms. The molecular formula is C20H14Cl2FN3OS. The predicted molar refractivity (Wildman–Crippen MR) is 112 cm³/mol. The molecule has 1 amide bonds. The van der Waals surface area contributed by atoms with Gasteiger partial charge in [-0.25, -0.2) is 9.40 Å². The molecular weight excluding hydrogens is 420 g/mol. The zero-order chi connectivity index (χ0) is 19.8. The van der Waals surface area contributed by atoms with Crippen molar-refractivity contribution >= 4 is 51.5 Å². The first-order valence-electron chi connectivity index (χ1n) is 8.39. The number of hydrogen-bond donors (Lipinski definition) is 1. The Morgan fingerprint density at radius 1 is 1.18 bits per heavy atom. The van der Waals surface area contributed by atoms with E-state index in [0.29, 0.717) is 36.8 Å². The molecule has 1 N–H and O–H groups in total. The Hall–Kier alpha value is -2.28. The molecule has 4 rings (SSSR count). The minimum Gasteiger partial charge on any atom is -0.333 e. The van der Waals surface area contributed by atoms with E-state index < -0.39 is 0 Å². The first-order chi connectivity index (χ1) is 13.4. The second kappa shape index (κ2) is 7.62. The Labute approximate surface area is 175 Å². The van der Waals surface area contributed by atoms with Crippen molar-refractivity contribution in [2.24, 2.45) is 5.10 Å². The lowest BCUT2D eigenvalue weighted by Gasteiger charge is -2.31. The van der Waals surface area contributed by atoms with Crippen molar-refractivity contribution in [2.75, 3.05) is 6.67 Å². The smallest absolute Gasteiger partial charge is 0.255 e. The molecule has 0 saturated heterocycles.